The Labute approximate surface area is 122 Å². The first-order valence-corrected chi connectivity index (χ1v) is 6.69. The fourth-order valence-corrected chi connectivity index (χ4v) is 2.58. The van der Waals surface area contributed by atoms with Gasteiger partial charge in [-0.1, -0.05) is 28.1 Å². The standard InChI is InChI=1S/C15H10BrNO3/c16-9-3-1-2-8(4-9)11-7-17-12-5-10(18)6-13(19)14(12)15(11)20/h1-7,18-19H,(H,17,20). The molecule has 0 radical (unpaired) electrons. The Hall–Kier alpha value is -2.27. The van der Waals surface area contributed by atoms with Crippen molar-refractivity contribution >= 4 is 26.8 Å². The summed E-state index contributed by atoms with van der Waals surface area (Å²) in [4.78, 5) is 15.4. The van der Waals surface area contributed by atoms with Gasteiger partial charge in [0.15, 0.2) is 0 Å². The molecule has 20 heavy (non-hydrogen) atoms. The maximum absolute atomic E-state index is 12.5. The molecule has 0 saturated heterocycles. The zero-order valence-corrected chi connectivity index (χ0v) is 11.8. The first-order chi connectivity index (χ1) is 9.56. The van der Waals surface area contributed by atoms with Gasteiger partial charge in [-0.3, -0.25) is 4.79 Å². The average Bonchev–Trinajstić information content (AvgIpc) is 2.38. The largest absolute Gasteiger partial charge is 0.508 e. The molecule has 0 bridgehead atoms. The smallest absolute Gasteiger partial charge is 0.200 e. The van der Waals surface area contributed by atoms with Crippen molar-refractivity contribution in [2.45, 2.75) is 0 Å². The number of hydrogen-bond donors (Lipinski definition) is 3. The minimum absolute atomic E-state index is 0.0964. The quantitative estimate of drug-likeness (QED) is 0.640. The number of pyridine rings is 1. The summed E-state index contributed by atoms with van der Waals surface area (Å²) in [6, 6.07) is 9.91. The molecule has 3 N–H and O–H groups in total. The highest BCUT2D eigenvalue weighted by atomic mass is 79.9. The molecule has 0 atom stereocenters. The lowest BCUT2D eigenvalue weighted by atomic mass is 10.0. The lowest BCUT2D eigenvalue weighted by Crippen LogP contribution is -2.06. The topological polar surface area (TPSA) is 73.3 Å². The molecule has 0 amide bonds. The van der Waals surface area contributed by atoms with E-state index < -0.39 is 0 Å². The van der Waals surface area contributed by atoms with E-state index in [4.69, 9.17) is 0 Å². The van der Waals surface area contributed by atoms with Gasteiger partial charge in [0.2, 0.25) is 5.43 Å². The lowest BCUT2D eigenvalue weighted by Gasteiger charge is -2.06. The van der Waals surface area contributed by atoms with Crippen LogP contribution in [0.25, 0.3) is 22.0 Å². The summed E-state index contributed by atoms with van der Waals surface area (Å²) in [7, 11) is 0. The van der Waals surface area contributed by atoms with Gasteiger partial charge in [0, 0.05) is 28.4 Å². The van der Waals surface area contributed by atoms with E-state index in [1.54, 1.807) is 6.20 Å². The van der Waals surface area contributed by atoms with Crippen LogP contribution in [-0.4, -0.2) is 15.2 Å². The van der Waals surface area contributed by atoms with Crippen LogP contribution in [0.2, 0.25) is 0 Å². The van der Waals surface area contributed by atoms with Gasteiger partial charge in [0.05, 0.1) is 10.9 Å². The number of halogens is 1. The second-order valence-corrected chi connectivity index (χ2v) is 5.34. The highest BCUT2D eigenvalue weighted by molar-refractivity contribution is 9.10. The predicted octanol–water partition coefficient (Wildman–Crippen LogP) is 3.37. The molecule has 0 spiro atoms. The third kappa shape index (κ3) is 2.06. The summed E-state index contributed by atoms with van der Waals surface area (Å²) in [6.07, 6.45) is 1.57. The van der Waals surface area contributed by atoms with Crippen molar-refractivity contribution in [3.63, 3.8) is 0 Å². The van der Waals surface area contributed by atoms with E-state index >= 15 is 0 Å². The van der Waals surface area contributed by atoms with E-state index in [0.29, 0.717) is 11.1 Å². The van der Waals surface area contributed by atoms with Crippen LogP contribution in [0.15, 0.2) is 51.9 Å². The summed E-state index contributed by atoms with van der Waals surface area (Å²) in [5.74, 6) is -0.334. The van der Waals surface area contributed by atoms with Crippen LogP contribution < -0.4 is 5.43 Å². The van der Waals surface area contributed by atoms with E-state index in [1.807, 2.05) is 24.3 Å². The molecule has 1 aromatic heterocycles. The molecule has 2 aromatic carbocycles. The van der Waals surface area contributed by atoms with E-state index in [-0.39, 0.29) is 22.3 Å². The van der Waals surface area contributed by atoms with Gasteiger partial charge in [-0.05, 0) is 17.7 Å². The van der Waals surface area contributed by atoms with Crippen LogP contribution in [-0.2, 0) is 0 Å². The van der Waals surface area contributed by atoms with Crippen LogP contribution in [0.5, 0.6) is 11.5 Å². The first kappa shape index (κ1) is 12.7. The second kappa shape index (κ2) is 4.68. The van der Waals surface area contributed by atoms with E-state index in [1.165, 1.54) is 6.07 Å². The number of aromatic amines is 1. The molecular formula is C15H10BrNO3. The Morgan fingerprint density at radius 2 is 1.90 bits per heavy atom. The maximum atomic E-state index is 12.5. The van der Waals surface area contributed by atoms with Gasteiger partial charge in [0.25, 0.3) is 0 Å². The van der Waals surface area contributed by atoms with Crippen molar-refractivity contribution in [2.24, 2.45) is 0 Å². The number of nitrogens with one attached hydrogen (secondary N) is 1. The minimum Gasteiger partial charge on any atom is -0.508 e. The molecule has 0 fully saturated rings. The summed E-state index contributed by atoms with van der Waals surface area (Å²) in [5, 5.41) is 19.5. The molecule has 0 saturated carbocycles. The third-order valence-corrected chi connectivity index (χ3v) is 3.57. The maximum Gasteiger partial charge on any atom is 0.200 e. The van der Waals surface area contributed by atoms with Crippen molar-refractivity contribution in [3.8, 4) is 22.6 Å². The van der Waals surface area contributed by atoms with Crippen molar-refractivity contribution in [1.29, 1.82) is 0 Å². The molecule has 0 unspecified atom stereocenters. The molecule has 4 nitrogen and oxygen atoms in total. The number of aromatic hydroxyl groups is 2. The number of benzene rings is 2. The summed E-state index contributed by atoms with van der Waals surface area (Å²) in [5.41, 5.74) is 1.32. The van der Waals surface area contributed by atoms with Gasteiger partial charge in [-0.25, -0.2) is 0 Å². The van der Waals surface area contributed by atoms with Crippen LogP contribution in [0, 0.1) is 0 Å². The minimum atomic E-state index is -0.283. The summed E-state index contributed by atoms with van der Waals surface area (Å²) in [6.45, 7) is 0. The Morgan fingerprint density at radius 3 is 2.65 bits per heavy atom. The SMILES string of the molecule is O=c1c(-c2cccc(Br)c2)c[nH]c2cc(O)cc(O)c12. The molecule has 5 heteroatoms. The van der Waals surface area contributed by atoms with E-state index in [9.17, 15) is 15.0 Å². The molecule has 100 valence electrons. The average molecular weight is 332 g/mol. The van der Waals surface area contributed by atoms with Crippen LogP contribution >= 0.6 is 15.9 Å². The Balaban J connectivity index is 2.35. The highest BCUT2D eigenvalue weighted by Gasteiger charge is 2.12. The monoisotopic (exact) mass is 331 g/mol. The molecule has 3 rings (SSSR count). The lowest BCUT2D eigenvalue weighted by molar-refractivity contribution is 0.455. The predicted molar refractivity (Wildman–Crippen MR) is 81.0 cm³/mol. The van der Waals surface area contributed by atoms with Crippen molar-refractivity contribution in [1.82, 2.24) is 4.98 Å². The number of hydrogen-bond acceptors (Lipinski definition) is 3. The van der Waals surface area contributed by atoms with E-state index in [2.05, 4.69) is 20.9 Å². The third-order valence-electron chi connectivity index (χ3n) is 3.08. The summed E-state index contributed by atoms with van der Waals surface area (Å²) < 4.78 is 0.865. The first-order valence-electron chi connectivity index (χ1n) is 5.89. The van der Waals surface area contributed by atoms with Gasteiger partial charge in [-0.15, -0.1) is 0 Å². The molecule has 0 aliphatic heterocycles. The fourth-order valence-electron chi connectivity index (χ4n) is 2.18. The number of fused-ring (bicyclic) bond motifs is 1. The molecule has 1 heterocycles. The normalized spacial score (nSPS) is 10.8. The molecule has 3 aromatic rings. The zero-order valence-electron chi connectivity index (χ0n) is 10.2. The summed E-state index contributed by atoms with van der Waals surface area (Å²) >= 11 is 3.36. The van der Waals surface area contributed by atoms with Crippen LogP contribution in [0.4, 0.5) is 0 Å². The molecule has 0 aliphatic carbocycles. The zero-order chi connectivity index (χ0) is 14.3. The Bertz CT molecular complexity index is 871. The van der Waals surface area contributed by atoms with Crippen molar-refractivity contribution in [2.75, 3.05) is 0 Å². The number of rotatable bonds is 1. The van der Waals surface area contributed by atoms with E-state index in [0.717, 1.165) is 16.1 Å². The second-order valence-electron chi connectivity index (χ2n) is 4.43. The number of phenolic OH excluding ortho intramolecular Hbond substituents is 2. The van der Waals surface area contributed by atoms with Gasteiger partial charge in [0.1, 0.15) is 11.5 Å². The number of H-pyrrole nitrogens is 1. The Kier molecular flexibility index (Phi) is 2.99. The fraction of sp³-hybridized carbons (Fsp3) is 0. The number of phenols is 2. The number of aromatic nitrogens is 1. The van der Waals surface area contributed by atoms with Gasteiger partial charge in [-0.2, -0.15) is 0 Å². The van der Waals surface area contributed by atoms with Crippen molar-refractivity contribution in [3.05, 3.63) is 57.3 Å². The van der Waals surface area contributed by atoms with Gasteiger partial charge < -0.3 is 15.2 Å². The van der Waals surface area contributed by atoms with Gasteiger partial charge >= 0.3 is 0 Å². The van der Waals surface area contributed by atoms with Crippen LogP contribution in [0.3, 0.4) is 0 Å². The van der Waals surface area contributed by atoms with Crippen molar-refractivity contribution < 1.29 is 10.2 Å². The highest BCUT2D eigenvalue weighted by Crippen LogP contribution is 2.28. The van der Waals surface area contributed by atoms with Crippen LogP contribution in [0.1, 0.15) is 0 Å². The Morgan fingerprint density at radius 1 is 1.10 bits per heavy atom. The molecular weight excluding hydrogens is 322 g/mol. The molecule has 0 aliphatic rings.